The summed E-state index contributed by atoms with van der Waals surface area (Å²) in [6, 6.07) is 6.75. The minimum atomic E-state index is -3.46. The molecule has 1 aliphatic heterocycles. The van der Waals surface area contributed by atoms with Crippen LogP contribution in [0.2, 0.25) is 0 Å². The molecule has 0 aromatic heterocycles. The van der Waals surface area contributed by atoms with Gasteiger partial charge in [0.25, 0.3) is 0 Å². The van der Waals surface area contributed by atoms with Crippen LogP contribution in [0, 0.1) is 0 Å². The summed E-state index contributed by atoms with van der Waals surface area (Å²) in [5.41, 5.74) is 0.759. The van der Waals surface area contributed by atoms with E-state index in [4.69, 9.17) is 0 Å². The summed E-state index contributed by atoms with van der Waals surface area (Å²) in [4.78, 5) is 14.3. The maximum atomic E-state index is 12.2. The number of urea groups is 1. The molecule has 0 bridgehead atoms. The van der Waals surface area contributed by atoms with Crippen molar-refractivity contribution < 1.29 is 13.2 Å². The van der Waals surface area contributed by atoms with Gasteiger partial charge in [-0.2, -0.15) is 0 Å². The molecule has 2 amide bonds. The first-order valence-electron chi connectivity index (χ1n) is 7.51. The largest absolute Gasteiger partial charge is 0.334 e. The third-order valence-corrected chi connectivity index (χ3v) is 5.40. The fourth-order valence-electron chi connectivity index (χ4n) is 2.62. The highest BCUT2D eigenvalue weighted by Gasteiger charge is 2.22. The predicted octanol–water partition coefficient (Wildman–Crippen LogP) is 1.68. The number of nitrogens with zero attached hydrogens (tertiary/aromatic N) is 1. The maximum Gasteiger partial charge on any atom is 0.317 e. The fraction of sp³-hybridized carbons (Fsp3) is 0.533. The topological polar surface area (TPSA) is 78.5 Å². The third-order valence-electron chi connectivity index (χ3n) is 3.99. The van der Waals surface area contributed by atoms with Crippen LogP contribution in [0.4, 0.5) is 4.79 Å². The van der Waals surface area contributed by atoms with Gasteiger partial charge in [0.15, 0.2) is 0 Å². The van der Waals surface area contributed by atoms with Crippen molar-refractivity contribution in [1.82, 2.24) is 14.9 Å². The Kier molecular flexibility index (Phi) is 5.42. The van der Waals surface area contributed by atoms with Crippen LogP contribution in [0.5, 0.6) is 0 Å². The summed E-state index contributed by atoms with van der Waals surface area (Å²) in [5.74, 6) is 0. The first-order valence-corrected chi connectivity index (χ1v) is 8.99. The summed E-state index contributed by atoms with van der Waals surface area (Å²) in [7, 11) is -2.09. The van der Waals surface area contributed by atoms with Gasteiger partial charge in [0, 0.05) is 19.1 Å². The number of piperidine rings is 1. The Morgan fingerprint density at radius 3 is 2.82 bits per heavy atom. The minimum Gasteiger partial charge on any atom is -0.334 e. The van der Waals surface area contributed by atoms with Gasteiger partial charge in [-0.3, -0.25) is 0 Å². The average Bonchev–Trinajstić information content (AvgIpc) is 2.53. The SMILES string of the molecule is CNS(=O)(=O)c1cccc(CNC(=O)N2CCCCC2C)c1. The van der Waals surface area contributed by atoms with E-state index in [1.807, 2.05) is 4.90 Å². The molecule has 1 unspecified atom stereocenters. The van der Waals surface area contributed by atoms with E-state index >= 15 is 0 Å². The number of hydrogen-bond acceptors (Lipinski definition) is 3. The zero-order valence-corrected chi connectivity index (χ0v) is 13.8. The molecule has 0 saturated carbocycles. The Bertz CT molecular complexity index is 631. The summed E-state index contributed by atoms with van der Waals surface area (Å²) in [6.07, 6.45) is 3.23. The second-order valence-corrected chi connectivity index (χ2v) is 7.44. The molecule has 0 spiro atoms. The van der Waals surface area contributed by atoms with Gasteiger partial charge < -0.3 is 10.2 Å². The molecule has 0 radical (unpaired) electrons. The molecule has 0 aliphatic carbocycles. The van der Waals surface area contributed by atoms with Crippen LogP contribution in [0.3, 0.4) is 0 Å². The molecule has 1 saturated heterocycles. The first kappa shape index (κ1) is 16.8. The van der Waals surface area contributed by atoms with Crippen molar-refractivity contribution in [3.8, 4) is 0 Å². The van der Waals surface area contributed by atoms with Gasteiger partial charge in [0.2, 0.25) is 10.0 Å². The molecular formula is C15H23N3O3S. The van der Waals surface area contributed by atoms with Gasteiger partial charge in [0.05, 0.1) is 4.90 Å². The molecule has 1 aliphatic rings. The highest BCUT2D eigenvalue weighted by Crippen LogP contribution is 2.16. The van der Waals surface area contributed by atoms with Crippen molar-refractivity contribution >= 4 is 16.1 Å². The number of sulfonamides is 1. The molecule has 1 atom stereocenters. The molecule has 1 fully saturated rings. The molecule has 1 heterocycles. The van der Waals surface area contributed by atoms with Crippen LogP contribution in [-0.2, 0) is 16.6 Å². The smallest absolute Gasteiger partial charge is 0.317 e. The van der Waals surface area contributed by atoms with E-state index in [1.54, 1.807) is 18.2 Å². The second kappa shape index (κ2) is 7.11. The Hall–Kier alpha value is -1.60. The molecule has 6 nitrogen and oxygen atoms in total. The number of likely N-dealkylation sites (tertiary alicyclic amines) is 1. The molecule has 1 aromatic carbocycles. The highest BCUT2D eigenvalue weighted by molar-refractivity contribution is 7.89. The number of hydrogen-bond donors (Lipinski definition) is 2. The standard InChI is InChI=1S/C15H23N3O3S/c1-12-6-3-4-9-18(12)15(19)17-11-13-7-5-8-14(10-13)22(20,21)16-2/h5,7-8,10,12,16H,3-4,6,9,11H2,1-2H3,(H,17,19). The van der Waals surface area contributed by atoms with Crippen LogP contribution in [0.1, 0.15) is 31.7 Å². The number of amides is 2. The Morgan fingerprint density at radius 1 is 1.36 bits per heavy atom. The van der Waals surface area contributed by atoms with Gasteiger partial charge in [0.1, 0.15) is 0 Å². The predicted molar refractivity (Wildman–Crippen MR) is 84.9 cm³/mol. The van der Waals surface area contributed by atoms with Crippen molar-refractivity contribution in [2.24, 2.45) is 0 Å². The number of carbonyl (C=O) groups is 1. The third kappa shape index (κ3) is 3.98. The lowest BCUT2D eigenvalue weighted by molar-refractivity contribution is 0.158. The molecule has 22 heavy (non-hydrogen) atoms. The average molecular weight is 325 g/mol. The number of carbonyl (C=O) groups excluding carboxylic acids is 1. The van der Waals surface area contributed by atoms with Crippen LogP contribution < -0.4 is 10.0 Å². The zero-order valence-electron chi connectivity index (χ0n) is 13.0. The van der Waals surface area contributed by atoms with E-state index in [1.165, 1.54) is 13.1 Å². The lowest BCUT2D eigenvalue weighted by Gasteiger charge is -2.33. The van der Waals surface area contributed by atoms with Gasteiger partial charge >= 0.3 is 6.03 Å². The summed E-state index contributed by atoms with van der Waals surface area (Å²) < 4.78 is 25.8. The van der Waals surface area contributed by atoms with Gasteiger partial charge in [-0.25, -0.2) is 17.9 Å². The van der Waals surface area contributed by atoms with E-state index in [9.17, 15) is 13.2 Å². The van der Waals surface area contributed by atoms with E-state index in [2.05, 4.69) is 17.0 Å². The van der Waals surface area contributed by atoms with E-state index < -0.39 is 10.0 Å². The van der Waals surface area contributed by atoms with Crippen LogP contribution in [0.25, 0.3) is 0 Å². The Morgan fingerprint density at radius 2 is 2.14 bits per heavy atom. The van der Waals surface area contributed by atoms with Crippen molar-refractivity contribution in [1.29, 1.82) is 0 Å². The monoisotopic (exact) mass is 325 g/mol. The molecule has 1 aromatic rings. The van der Waals surface area contributed by atoms with Crippen LogP contribution in [0.15, 0.2) is 29.2 Å². The van der Waals surface area contributed by atoms with E-state index in [0.717, 1.165) is 31.4 Å². The van der Waals surface area contributed by atoms with Gasteiger partial charge in [-0.05, 0) is 50.9 Å². The van der Waals surface area contributed by atoms with Crippen molar-refractivity contribution in [3.63, 3.8) is 0 Å². The highest BCUT2D eigenvalue weighted by atomic mass is 32.2. The molecule has 122 valence electrons. The molecule has 7 heteroatoms. The summed E-state index contributed by atoms with van der Waals surface area (Å²) in [6.45, 7) is 3.15. The summed E-state index contributed by atoms with van der Waals surface area (Å²) >= 11 is 0. The lowest BCUT2D eigenvalue weighted by Crippen LogP contribution is -2.47. The Balaban J connectivity index is 2.00. The van der Waals surface area contributed by atoms with Crippen molar-refractivity contribution in [3.05, 3.63) is 29.8 Å². The van der Waals surface area contributed by atoms with E-state index in [0.29, 0.717) is 6.54 Å². The normalized spacial score (nSPS) is 19.0. The zero-order chi connectivity index (χ0) is 16.2. The van der Waals surface area contributed by atoms with Crippen molar-refractivity contribution in [2.75, 3.05) is 13.6 Å². The van der Waals surface area contributed by atoms with Crippen LogP contribution >= 0.6 is 0 Å². The fourth-order valence-corrected chi connectivity index (χ4v) is 3.42. The van der Waals surface area contributed by atoms with Crippen LogP contribution in [-0.4, -0.2) is 39.0 Å². The number of benzene rings is 1. The lowest BCUT2D eigenvalue weighted by atomic mass is 10.0. The number of rotatable bonds is 4. The first-order chi connectivity index (χ1) is 10.4. The maximum absolute atomic E-state index is 12.2. The van der Waals surface area contributed by atoms with Crippen molar-refractivity contribution in [2.45, 2.75) is 43.7 Å². The van der Waals surface area contributed by atoms with Gasteiger partial charge in [-0.1, -0.05) is 12.1 Å². The molecule has 2 N–H and O–H groups in total. The quantitative estimate of drug-likeness (QED) is 0.884. The second-order valence-electron chi connectivity index (χ2n) is 5.55. The molecule has 2 rings (SSSR count). The van der Waals surface area contributed by atoms with E-state index in [-0.39, 0.29) is 17.0 Å². The minimum absolute atomic E-state index is 0.0888. The number of nitrogens with one attached hydrogen (secondary N) is 2. The Labute approximate surface area is 131 Å². The summed E-state index contributed by atoms with van der Waals surface area (Å²) in [5, 5.41) is 2.87. The van der Waals surface area contributed by atoms with Gasteiger partial charge in [-0.15, -0.1) is 0 Å². The molecular weight excluding hydrogens is 302 g/mol.